The van der Waals surface area contributed by atoms with Crippen molar-refractivity contribution in [1.82, 2.24) is 9.38 Å². The lowest BCUT2D eigenvalue weighted by atomic mass is 9.80. The Morgan fingerprint density at radius 1 is 1.47 bits per heavy atom. The fourth-order valence-electron chi connectivity index (χ4n) is 2.88. The van der Waals surface area contributed by atoms with Crippen molar-refractivity contribution in [2.75, 3.05) is 18.0 Å². The van der Waals surface area contributed by atoms with Crippen molar-refractivity contribution < 1.29 is 5.11 Å². The largest absolute Gasteiger partial charge is 0.390 e. The summed E-state index contributed by atoms with van der Waals surface area (Å²) in [5.41, 5.74) is 1.26. The van der Waals surface area contributed by atoms with Crippen LogP contribution in [0.15, 0.2) is 11.6 Å². The average molecular weight is 279 g/mol. The van der Waals surface area contributed by atoms with Crippen LogP contribution in [0.25, 0.3) is 4.96 Å². The zero-order valence-electron chi connectivity index (χ0n) is 11.8. The number of aliphatic hydroxyl groups is 1. The first-order chi connectivity index (χ1) is 9.00. The van der Waals surface area contributed by atoms with Crippen LogP contribution in [-0.4, -0.2) is 27.6 Å². The third-order valence-corrected chi connectivity index (χ3v) is 4.96. The summed E-state index contributed by atoms with van der Waals surface area (Å²) in [6.45, 7) is 9.05. The van der Waals surface area contributed by atoms with E-state index in [0.717, 1.165) is 29.6 Å². The van der Waals surface area contributed by atoms with Gasteiger partial charge in [0, 0.05) is 24.7 Å². The number of hydrogen-bond acceptors (Lipinski definition) is 4. The molecule has 4 nitrogen and oxygen atoms in total. The van der Waals surface area contributed by atoms with Gasteiger partial charge in [-0.1, -0.05) is 20.8 Å². The highest BCUT2D eigenvalue weighted by atomic mass is 32.1. The van der Waals surface area contributed by atoms with Crippen LogP contribution in [0, 0.1) is 11.3 Å². The van der Waals surface area contributed by atoms with Crippen molar-refractivity contribution in [2.24, 2.45) is 11.3 Å². The number of aromatic nitrogens is 2. The van der Waals surface area contributed by atoms with E-state index in [2.05, 4.69) is 30.7 Å². The van der Waals surface area contributed by atoms with Crippen molar-refractivity contribution in [2.45, 2.75) is 33.8 Å². The quantitative estimate of drug-likeness (QED) is 0.919. The van der Waals surface area contributed by atoms with Gasteiger partial charge in [0.1, 0.15) is 0 Å². The van der Waals surface area contributed by atoms with Crippen molar-refractivity contribution in [3.8, 4) is 0 Å². The number of aliphatic hydroxyl groups excluding tert-OH is 1. The lowest BCUT2D eigenvalue weighted by molar-refractivity contribution is 0.263. The highest BCUT2D eigenvalue weighted by molar-refractivity contribution is 7.15. The maximum absolute atomic E-state index is 9.63. The van der Waals surface area contributed by atoms with Crippen molar-refractivity contribution >= 4 is 22.1 Å². The Morgan fingerprint density at radius 2 is 2.26 bits per heavy atom. The van der Waals surface area contributed by atoms with Gasteiger partial charge in [-0.15, -0.1) is 11.3 Å². The molecular weight excluding hydrogens is 258 g/mol. The monoisotopic (exact) mass is 279 g/mol. The second-order valence-corrected chi connectivity index (χ2v) is 7.27. The second-order valence-electron chi connectivity index (χ2n) is 6.39. The molecule has 3 rings (SSSR count). The van der Waals surface area contributed by atoms with Crippen LogP contribution in [0.5, 0.6) is 0 Å². The van der Waals surface area contributed by atoms with Gasteiger partial charge >= 0.3 is 0 Å². The number of hydrogen-bond donors (Lipinski definition) is 1. The molecule has 2 aromatic rings. The Labute approximate surface area is 117 Å². The topological polar surface area (TPSA) is 40.8 Å². The lowest BCUT2D eigenvalue weighted by Gasteiger charge is -2.27. The Hall–Kier alpha value is -1.07. The Bertz CT molecular complexity index is 581. The highest BCUT2D eigenvalue weighted by Gasteiger charge is 2.33. The standard InChI is InChI=1S/C14H21N3OS/c1-14(2,3)10-4-5-16(8-10)12-11(9-18)17-6-7-19-13(17)15-12/h6-7,10,18H,4-5,8-9H2,1-3H3. The van der Waals surface area contributed by atoms with Gasteiger partial charge in [-0.3, -0.25) is 4.40 Å². The molecule has 1 unspecified atom stereocenters. The number of nitrogens with zero attached hydrogens (tertiary/aromatic N) is 3. The summed E-state index contributed by atoms with van der Waals surface area (Å²) in [4.78, 5) is 7.99. The van der Waals surface area contributed by atoms with E-state index in [0.29, 0.717) is 11.3 Å². The number of anilines is 1. The zero-order valence-corrected chi connectivity index (χ0v) is 12.6. The maximum Gasteiger partial charge on any atom is 0.195 e. The molecule has 19 heavy (non-hydrogen) atoms. The fourth-order valence-corrected chi connectivity index (χ4v) is 3.61. The van der Waals surface area contributed by atoms with E-state index in [1.54, 1.807) is 11.3 Å². The summed E-state index contributed by atoms with van der Waals surface area (Å²) in [6.07, 6.45) is 3.19. The van der Waals surface area contributed by atoms with E-state index in [1.807, 2.05) is 16.0 Å². The van der Waals surface area contributed by atoms with Crippen LogP contribution in [0.1, 0.15) is 32.9 Å². The van der Waals surface area contributed by atoms with E-state index < -0.39 is 0 Å². The fraction of sp³-hybridized carbons (Fsp3) is 0.643. The summed E-state index contributed by atoms with van der Waals surface area (Å²) < 4.78 is 2.00. The number of rotatable bonds is 2. The molecule has 0 saturated carbocycles. The van der Waals surface area contributed by atoms with E-state index in [4.69, 9.17) is 0 Å². The molecule has 0 spiro atoms. The summed E-state index contributed by atoms with van der Waals surface area (Å²) in [5, 5.41) is 11.6. The Kier molecular flexibility index (Phi) is 3.06. The number of thiazole rings is 1. The first kappa shape index (κ1) is 12.9. The van der Waals surface area contributed by atoms with Gasteiger partial charge in [0.2, 0.25) is 0 Å². The second kappa shape index (κ2) is 4.49. The molecule has 0 aromatic carbocycles. The number of fused-ring (bicyclic) bond motifs is 1. The molecule has 1 atom stereocenters. The van der Waals surface area contributed by atoms with Crippen LogP contribution in [0.4, 0.5) is 5.82 Å². The maximum atomic E-state index is 9.63. The van der Waals surface area contributed by atoms with Gasteiger partial charge in [-0.05, 0) is 17.8 Å². The molecule has 5 heteroatoms. The predicted molar refractivity (Wildman–Crippen MR) is 78.8 cm³/mol. The molecule has 0 aliphatic carbocycles. The lowest BCUT2D eigenvalue weighted by Crippen LogP contribution is -2.26. The molecule has 2 aromatic heterocycles. The van der Waals surface area contributed by atoms with Gasteiger partial charge in [-0.25, -0.2) is 4.98 Å². The van der Waals surface area contributed by atoms with Crippen LogP contribution in [-0.2, 0) is 6.61 Å². The van der Waals surface area contributed by atoms with Crippen LogP contribution in [0.3, 0.4) is 0 Å². The predicted octanol–water partition coefficient (Wildman–Crippen LogP) is 2.76. The van der Waals surface area contributed by atoms with Crippen LogP contribution in [0.2, 0.25) is 0 Å². The van der Waals surface area contributed by atoms with E-state index in [9.17, 15) is 5.11 Å². The molecule has 0 bridgehead atoms. The van der Waals surface area contributed by atoms with Gasteiger partial charge in [0.15, 0.2) is 10.8 Å². The molecule has 0 amide bonds. The molecule has 1 saturated heterocycles. The summed E-state index contributed by atoms with van der Waals surface area (Å²) in [5.74, 6) is 1.67. The minimum absolute atomic E-state index is 0.0456. The van der Waals surface area contributed by atoms with Crippen molar-refractivity contribution in [1.29, 1.82) is 0 Å². The van der Waals surface area contributed by atoms with E-state index in [1.165, 1.54) is 6.42 Å². The molecule has 0 radical (unpaired) electrons. The van der Waals surface area contributed by atoms with Crippen LogP contribution < -0.4 is 4.90 Å². The van der Waals surface area contributed by atoms with Gasteiger partial charge < -0.3 is 10.0 Å². The Balaban J connectivity index is 1.91. The van der Waals surface area contributed by atoms with Crippen molar-refractivity contribution in [3.63, 3.8) is 0 Å². The van der Waals surface area contributed by atoms with E-state index in [-0.39, 0.29) is 6.61 Å². The minimum atomic E-state index is 0.0456. The molecular formula is C14H21N3OS. The van der Waals surface area contributed by atoms with Gasteiger partial charge in [0.05, 0.1) is 12.3 Å². The van der Waals surface area contributed by atoms with Crippen LogP contribution >= 0.6 is 11.3 Å². The third-order valence-electron chi connectivity index (χ3n) is 4.20. The third kappa shape index (κ3) is 2.15. The van der Waals surface area contributed by atoms with Crippen molar-refractivity contribution in [3.05, 3.63) is 17.3 Å². The average Bonchev–Trinajstić information content (AvgIpc) is 3.01. The summed E-state index contributed by atoms with van der Waals surface area (Å²) in [6, 6.07) is 0. The smallest absolute Gasteiger partial charge is 0.195 e. The summed E-state index contributed by atoms with van der Waals surface area (Å²) >= 11 is 1.62. The zero-order chi connectivity index (χ0) is 13.6. The minimum Gasteiger partial charge on any atom is -0.390 e. The molecule has 1 aliphatic rings. The molecule has 1 N–H and O–H groups in total. The number of imidazole rings is 1. The first-order valence-corrected chi connectivity index (χ1v) is 7.69. The first-order valence-electron chi connectivity index (χ1n) is 6.81. The highest BCUT2D eigenvalue weighted by Crippen LogP contribution is 2.36. The summed E-state index contributed by atoms with van der Waals surface area (Å²) in [7, 11) is 0. The molecule has 1 aliphatic heterocycles. The normalized spacial score (nSPS) is 20.6. The SMILES string of the molecule is CC(C)(C)C1CCN(c2nc3sccn3c2CO)C1. The molecule has 3 heterocycles. The van der Waals surface area contributed by atoms with Gasteiger partial charge in [0.25, 0.3) is 0 Å². The van der Waals surface area contributed by atoms with Gasteiger partial charge in [-0.2, -0.15) is 0 Å². The Morgan fingerprint density at radius 3 is 2.89 bits per heavy atom. The molecule has 1 fully saturated rings. The molecule has 104 valence electrons. The van der Waals surface area contributed by atoms with E-state index >= 15 is 0 Å².